The van der Waals surface area contributed by atoms with Crippen molar-refractivity contribution in [3.63, 3.8) is 0 Å². The molecular formula is C20H22F3N3O5S. The largest absolute Gasteiger partial charge is 0.497 e. The van der Waals surface area contributed by atoms with E-state index in [1.54, 1.807) is 24.3 Å². The number of nitrogens with zero attached hydrogens (tertiary/aromatic N) is 2. The molecule has 2 aromatic rings. The third kappa shape index (κ3) is 4.91. The number of amides is 2. The van der Waals surface area contributed by atoms with E-state index in [1.165, 1.54) is 12.0 Å². The van der Waals surface area contributed by atoms with E-state index in [2.05, 4.69) is 4.83 Å². The van der Waals surface area contributed by atoms with Gasteiger partial charge in [-0.15, -0.1) is 4.83 Å². The Labute approximate surface area is 183 Å². The summed E-state index contributed by atoms with van der Waals surface area (Å²) in [6.45, 7) is -0.184. The Balaban J connectivity index is 1.96. The van der Waals surface area contributed by atoms with Crippen LogP contribution in [0.4, 0.5) is 18.0 Å². The van der Waals surface area contributed by atoms with E-state index in [0.717, 1.165) is 30.0 Å². The van der Waals surface area contributed by atoms with Crippen LogP contribution in [-0.4, -0.2) is 57.9 Å². The second-order valence-electron chi connectivity index (χ2n) is 7.17. The fourth-order valence-electron chi connectivity index (χ4n) is 3.53. The van der Waals surface area contributed by atoms with Crippen molar-refractivity contribution in [3.8, 4) is 11.5 Å². The number of urea groups is 1. The standard InChI is InChI=1S/C20H22F3N3O5S/c1-30-13-6-4-12(5-7-13)8-9-25-16(11-26(20(25)27)24-32(3,28)29)14-10-15(21)17(22)18(23)19(14)31-2/h4-7,10,16,24H,8-9,11H2,1-3H3. The molecule has 2 aromatic carbocycles. The number of carbonyl (C=O) groups is 1. The third-order valence-electron chi connectivity index (χ3n) is 4.99. The van der Waals surface area contributed by atoms with Gasteiger partial charge in [0.1, 0.15) is 5.75 Å². The zero-order chi connectivity index (χ0) is 23.6. The third-order valence-corrected chi connectivity index (χ3v) is 5.55. The molecule has 0 radical (unpaired) electrons. The first-order valence-corrected chi connectivity index (χ1v) is 11.3. The quantitative estimate of drug-likeness (QED) is 0.596. The molecule has 2 amide bonds. The zero-order valence-electron chi connectivity index (χ0n) is 17.6. The molecule has 0 bridgehead atoms. The molecule has 1 saturated heterocycles. The number of hydrogen-bond acceptors (Lipinski definition) is 5. The first-order valence-electron chi connectivity index (χ1n) is 9.45. The highest BCUT2D eigenvalue weighted by atomic mass is 32.2. The maximum absolute atomic E-state index is 14.3. The number of halogens is 3. The minimum absolute atomic E-state index is 0.0849. The van der Waals surface area contributed by atoms with Crippen LogP contribution in [0.15, 0.2) is 30.3 Å². The fourth-order valence-corrected chi connectivity index (χ4v) is 4.08. The van der Waals surface area contributed by atoms with E-state index < -0.39 is 45.3 Å². The van der Waals surface area contributed by atoms with Crippen LogP contribution in [0, 0.1) is 17.5 Å². The number of rotatable bonds is 8. The molecule has 1 N–H and O–H groups in total. The highest BCUT2D eigenvalue weighted by molar-refractivity contribution is 7.88. The topological polar surface area (TPSA) is 88.2 Å². The summed E-state index contributed by atoms with van der Waals surface area (Å²) >= 11 is 0. The summed E-state index contributed by atoms with van der Waals surface area (Å²) in [7, 11) is -1.19. The van der Waals surface area contributed by atoms with Gasteiger partial charge in [0.15, 0.2) is 17.4 Å². The van der Waals surface area contributed by atoms with Crippen molar-refractivity contribution in [1.29, 1.82) is 0 Å². The number of nitrogens with one attached hydrogen (secondary N) is 1. The number of benzene rings is 2. The van der Waals surface area contributed by atoms with Gasteiger partial charge in [-0.05, 0) is 30.2 Å². The molecule has 0 spiro atoms. The summed E-state index contributed by atoms with van der Waals surface area (Å²) in [5.74, 6) is -4.59. The van der Waals surface area contributed by atoms with E-state index in [4.69, 9.17) is 9.47 Å². The number of carbonyl (C=O) groups excluding carboxylic acids is 1. The number of hydrazine groups is 1. The smallest absolute Gasteiger partial charge is 0.335 e. The average molecular weight is 473 g/mol. The SMILES string of the molecule is COc1ccc(CCN2C(=O)N(NS(C)(=O)=O)CC2c2cc(F)c(F)c(F)c2OC)cc1. The zero-order valence-corrected chi connectivity index (χ0v) is 18.4. The Morgan fingerprint density at radius 3 is 2.31 bits per heavy atom. The molecule has 3 rings (SSSR count). The second-order valence-corrected chi connectivity index (χ2v) is 8.90. The van der Waals surface area contributed by atoms with E-state index in [9.17, 15) is 26.4 Å². The Bertz CT molecular complexity index is 1110. The van der Waals surface area contributed by atoms with Gasteiger partial charge in [0.25, 0.3) is 0 Å². The van der Waals surface area contributed by atoms with Gasteiger partial charge in [-0.1, -0.05) is 12.1 Å². The van der Waals surface area contributed by atoms with E-state index in [0.29, 0.717) is 12.2 Å². The van der Waals surface area contributed by atoms with Crippen molar-refractivity contribution in [2.75, 3.05) is 33.6 Å². The first kappa shape index (κ1) is 23.7. The van der Waals surface area contributed by atoms with Crippen molar-refractivity contribution >= 4 is 16.1 Å². The molecule has 0 saturated carbocycles. The van der Waals surface area contributed by atoms with Crippen molar-refractivity contribution in [1.82, 2.24) is 14.7 Å². The summed E-state index contributed by atoms with van der Waals surface area (Å²) in [4.78, 5) is 16.3. The normalized spacial score (nSPS) is 16.6. The van der Waals surface area contributed by atoms with Crippen LogP contribution in [0.1, 0.15) is 17.2 Å². The number of sulfonamides is 1. The minimum Gasteiger partial charge on any atom is -0.497 e. The summed E-state index contributed by atoms with van der Waals surface area (Å²) in [5, 5.41) is 0.826. The molecular weight excluding hydrogens is 451 g/mol. The Kier molecular flexibility index (Phi) is 6.84. The lowest BCUT2D eigenvalue weighted by Gasteiger charge is -2.25. The Hall–Kier alpha value is -2.99. The van der Waals surface area contributed by atoms with E-state index in [1.807, 2.05) is 0 Å². The summed E-state index contributed by atoms with van der Waals surface area (Å²) in [5.41, 5.74) is 0.722. The predicted octanol–water partition coefficient (Wildman–Crippen LogP) is 2.61. The molecule has 1 aliphatic rings. The van der Waals surface area contributed by atoms with Gasteiger partial charge in [0.05, 0.1) is 33.1 Å². The highest BCUT2D eigenvalue weighted by Crippen LogP contribution is 2.38. The lowest BCUT2D eigenvalue weighted by Crippen LogP contribution is -2.44. The summed E-state index contributed by atoms with van der Waals surface area (Å²) in [6.07, 6.45) is 1.22. The van der Waals surface area contributed by atoms with Gasteiger partial charge >= 0.3 is 6.03 Å². The van der Waals surface area contributed by atoms with Crippen molar-refractivity contribution in [2.24, 2.45) is 0 Å². The molecule has 12 heteroatoms. The van der Waals surface area contributed by atoms with E-state index >= 15 is 0 Å². The molecule has 32 heavy (non-hydrogen) atoms. The molecule has 0 aromatic heterocycles. The maximum atomic E-state index is 14.3. The van der Waals surface area contributed by atoms with Gasteiger partial charge in [0.2, 0.25) is 15.8 Å². The lowest BCUT2D eigenvalue weighted by molar-refractivity contribution is 0.182. The predicted molar refractivity (Wildman–Crippen MR) is 109 cm³/mol. The van der Waals surface area contributed by atoms with Crippen molar-refractivity contribution in [2.45, 2.75) is 12.5 Å². The molecule has 0 aliphatic carbocycles. The van der Waals surface area contributed by atoms with Crippen LogP contribution in [-0.2, 0) is 16.4 Å². The molecule has 1 fully saturated rings. The van der Waals surface area contributed by atoms with E-state index in [-0.39, 0.29) is 18.7 Å². The Morgan fingerprint density at radius 2 is 1.75 bits per heavy atom. The van der Waals surface area contributed by atoms with Gasteiger partial charge in [0, 0.05) is 12.1 Å². The van der Waals surface area contributed by atoms with Crippen LogP contribution >= 0.6 is 0 Å². The van der Waals surface area contributed by atoms with Gasteiger partial charge in [-0.25, -0.2) is 27.0 Å². The van der Waals surface area contributed by atoms with Gasteiger partial charge in [-0.3, -0.25) is 0 Å². The fraction of sp³-hybridized carbons (Fsp3) is 0.350. The Morgan fingerprint density at radius 1 is 1.09 bits per heavy atom. The lowest BCUT2D eigenvalue weighted by atomic mass is 10.0. The van der Waals surface area contributed by atoms with Crippen LogP contribution in [0.25, 0.3) is 0 Å². The van der Waals surface area contributed by atoms with Crippen molar-refractivity contribution in [3.05, 3.63) is 58.9 Å². The van der Waals surface area contributed by atoms with Gasteiger partial charge in [-0.2, -0.15) is 4.39 Å². The summed E-state index contributed by atoms with van der Waals surface area (Å²) < 4.78 is 75.4. The number of hydrogen-bond donors (Lipinski definition) is 1. The summed E-state index contributed by atoms with van der Waals surface area (Å²) in [6, 6.07) is 6.08. The maximum Gasteiger partial charge on any atom is 0.335 e. The van der Waals surface area contributed by atoms with Gasteiger partial charge < -0.3 is 14.4 Å². The van der Waals surface area contributed by atoms with Crippen LogP contribution in [0.5, 0.6) is 11.5 Å². The molecule has 1 aliphatic heterocycles. The van der Waals surface area contributed by atoms with Crippen LogP contribution in [0.3, 0.4) is 0 Å². The first-order chi connectivity index (χ1) is 15.1. The highest BCUT2D eigenvalue weighted by Gasteiger charge is 2.41. The number of ether oxygens (including phenoxy) is 2. The average Bonchev–Trinajstić information content (AvgIpc) is 3.04. The van der Waals surface area contributed by atoms with Crippen LogP contribution in [0.2, 0.25) is 0 Å². The molecule has 174 valence electrons. The molecule has 8 nitrogen and oxygen atoms in total. The van der Waals surface area contributed by atoms with Crippen molar-refractivity contribution < 1.29 is 35.9 Å². The second kappa shape index (κ2) is 9.25. The minimum atomic E-state index is -3.81. The monoisotopic (exact) mass is 473 g/mol. The molecule has 1 unspecified atom stereocenters. The molecule has 1 heterocycles. The number of methoxy groups -OCH3 is 2. The molecule has 1 atom stereocenters. The van der Waals surface area contributed by atoms with Crippen LogP contribution < -0.4 is 14.3 Å².